The molecule has 1 N–H and O–H groups in total. The second-order valence-corrected chi connectivity index (χ2v) is 4.69. The molecule has 100 valence electrons. The molecule has 0 spiro atoms. The average Bonchev–Trinajstić information content (AvgIpc) is 2.45. The maximum Gasteiger partial charge on any atom is 0.127 e. The number of anilines is 1. The number of nitrogens with one attached hydrogen (secondary N) is 1. The molecule has 0 unspecified atom stereocenters. The highest BCUT2D eigenvalue weighted by Crippen LogP contribution is 2.25. The number of benzene rings is 1. The van der Waals surface area contributed by atoms with E-state index in [1.807, 2.05) is 36.4 Å². The van der Waals surface area contributed by atoms with E-state index in [1.165, 1.54) is 0 Å². The smallest absolute Gasteiger partial charge is 0.127 e. The predicted octanol–water partition coefficient (Wildman–Crippen LogP) is 3.47. The number of methoxy groups -OCH3 is 2. The minimum Gasteiger partial charge on any atom is -0.497 e. The molecule has 5 heteroatoms. The van der Waals surface area contributed by atoms with Gasteiger partial charge in [-0.25, -0.2) is 4.98 Å². The van der Waals surface area contributed by atoms with Gasteiger partial charge in [0.05, 0.1) is 14.2 Å². The van der Waals surface area contributed by atoms with Gasteiger partial charge in [0.1, 0.15) is 21.9 Å². The fourth-order valence-corrected chi connectivity index (χ4v) is 2.03. The van der Waals surface area contributed by atoms with E-state index in [1.54, 1.807) is 14.2 Å². The van der Waals surface area contributed by atoms with Gasteiger partial charge >= 0.3 is 0 Å². The molecular formula is C14H15BrN2O2. The summed E-state index contributed by atoms with van der Waals surface area (Å²) in [5, 5.41) is 3.25. The van der Waals surface area contributed by atoms with Crippen molar-refractivity contribution < 1.29 is 9.47 Å². The quantitative estimate of drug-likeness (QED) is 0.856. The Kier molecular flexibility index (Phi) is 4.63. The molecule has 0 amide bonds. The molecule has 0 aliphatic heterocycles. The summed E-state index contributed by atoms with van der Waals surface area (Å²) in [6.45, 7) is 0.636. The number of aromatic nitrogens is 1. The summed E-state index contributed by atoms with van der Waals surface area (Å²) >= 11 is 3.34. The second-order valence-electron chi connectivity index (χ2n) is 3.88. The predicted molar refractivity (Wildman–Crippen MR) is 78.8 cm³/mol. The van der Waals surface area contributed by atoms with Gasteiger partial charge < -0.3 is 14.8 Å². The van der Waals surface area contributed by atoms with Crippen molar-refractivity contribution in [3.63, 3.8) is 0 Å². The van der Waals surface area contributed by atoms with Gasteiger partial charge in [0.2, 0.25) is 0 Å². The first-order valence-electron chi connectivity index (χ1n) is 5.80. The number of rotatable bonds is 5. The lowest BCUT2D eigenvalue weighted by atomic mass is 10.2. The van der Waals surface area contributed by atoms with Crippen LogP contribution in [0.1, 0.15) is 5.56 Å². The van der Waals surface area contributed by atoms with Crippen molar-refractivity contribution in [1.29, 1.82) is 0 Å². The number of ether oxygens (including phenoxy) is 2. The number of halogens is 1. The van der Waals surface area contributed by atoms with Gasteiger partial charge in [-0.2, -0.15) is 0 Å². The van der Waals surface area contributed by atoms with Crippen molar-refractivity contribution in [2.45, 2.75) is 6.54 Å². The Hall–Kier alpha value is -1.75. The van der Waals surface area contributed by atoms with E-state index in [-0.39, 0.29) is 0 Å². The molecule has 1 aromatic carbocycles. The highest BCUT2D eigenvalue weighted by Gasteiger charge is 2.05. The molecule has 4 nitrogen and oxygen atoms in total. The van der Waals surface area contributed by atoms with Gasteiger partial charge in [0.25, 0.3) is 0 Å². The third-order valence-corrected chi connectivity index (χ3v) is 3.11. The van der Waals surface area contributed by atoms with E-state index in [4.69, 9.17) is 9.47 Å². The summed E-state index contributed by atoms with van der Waals surface area (Å²) in [5.41, 5.74) is 1.05. The molecule has 0 radical (unpaired) electrons. The fraction of sp³-hybridized carbons (Fsp3) is 0.214. The van der Waals surface area contributed by atoms with E-state index in [0.29, 0.717) is 6.54 Å². The van der Waals surface area contributed by atoms with Crippen LogP contribution in [0.4, 0.5) is 5.82 Å². The van der Waals surface area contributed by atoms with Gasteiger partial charge in [-0.05, 0) is 40.2 Å². The summed E-state index contributed by atoms with van der Waals surface area (Å²) < 4.78 is 11.3. The van der Waals surface area contributed by atoms with Crippen LogP contribution < -0.4 is 14.8 Å². The Bertz CT molecular complexity index is 561. The molecule has 19 heavy (non-hydrogen) atoms. The van der Waals surface area contributed by atoms with Crippen molar-refractivity contribution in [2.75, 3.05) is 19.5 Å². The zero-order valence-corrected chi connectivity index (χ0v) is 12.4. The molecule has 0 fully saturated rings. The standard InChI is InChI=1S/C14H15BrN2O2/c1-18-11-7-6-10(12(8-11)19-2)9-16-14-5-3-4-13(15)17-14/h3-8H,9H2,1-2H3,(H,16,17). The summed E-state index contributed by atoms with van der Waals surface area (Å²) in [6.07, 6.45) is 0. The maximum atomic E-state index is 5.35. The van der Waals surface area contributed by atoms with E-state index in [9.17, 15) is 0 Å². The van der Waals surface area contributed by atoms with Gasteiger partial charge in [0, 0.05) is 18.2 Å². The van der Waals surface area contributed by atoms with Crippen LogP contribution in [0, 0.1) is 0 Å². The first kappa shape index (κ1) is 13.7. The normalized spacial score (nSPS) is 10.1. The van der Waals surface area contributed by atoms with Crippen LogP contribution >= 0.6 is 15.9 Å². The van der Waals surface area contributed by atoms with Crippen LogP contribution in [-0.4, -0.2) is 19.2 Å². The maximum absolute atomic E-state index is 5.35. The lowest BCUT2D eigenvalue weighted by Crippen LogP contribution is -2.03. The summed E-state index contributed by atoms with van der Waals surface area (Å²) in [5.74, 6) is 2.38. The van der Waals surface area contributed by atoms with Crippen LogP contribution in [0.15, 0.2) is 41.0 Å². The second kappa shape index (κ2) is 6.43. The third kappa shape index (κ3) is 3.61. The van der Waals surface area contributed by atoms with Crippen molar-refractivity contribution in [2.24, 2.45) is 0 Å². The zero-order valence-electron chi connectivity index (χ0n) is 10.8. The molecule has 0 saturated heterocycles. The molecule has 0 saturated carbocycles. The molecule has 0 bridgehead atoms. The molecule has 0 aliphatic carbocycles. The van der Waals surface area contributed by atoms with Crippen molar-refractivity contribution in [3.8, 4) is 11.5 Å². The first-order valence-corrected chi connectivity index (χ1v) is 6.59. The molecular weight excluding hydrogens is 308 g/mol. The van der Waals surface area contributed by atoms with Crippen LogP contribution in [-0.2, 0) is 6.54 Å². The van der Waals surface area contributed by atoms with Crippen molar-refractivity contribution in [1.82, 2.24) is 4.98 Å². The first-order chi connectivity index (χ1) is 9.22. The Labute approximate surface area is 120 Å². The molecule has 0 aliphatic rings. The highest BCUT2D eigenvalue weighted by molar-refractivity contribution is 9.10. The molecule has 0 atom stereocenters. The summed E-state index contributed by atoms with van der Waals surface area (Å²) in [6, 6.07) is 11.5. The Morgan fingerprint density at radius 3 is 2.68 bits per heavy atom. The van der Waals surface area contributed by atoms with Gasteiger partial charge in [-0.3, -0.25) is 0 Å². The van der Waals surface area contributed by atoms with Crippen molar-refractivity contribution >= 4 is 21.7 Å². The SMILES string of the molecule is COc1ccc(CNc2cccc(Br)n2)c(OC)c1. The highest BCUT2D eigenvalue weighted by atomic mass is 79.9. The molecule has 1 heterocycles. The number of pyridine rings is 1. The van der Waals surface area contributed by atoms with Crippen LogP contribution in [0.3, 0.4) is 0 Å². The van der Waals surface area contributed by atoms with E-state index >= 15 is 0 Å². The average molecular weight is 323 g/mol. The minimum atomic E-state index is 0.636. The third-order valence-electron chi connectivity index (χ3n) is 2.67. The molecule has 2 aromatic rings. The number of hydrogen-bond donors (Lipinski definition) is 1. The van der Waals surface area contributed by atoms with E-state index < -0.39 is 0 Å². The monoisotopic (exact) mass is 322 g/mol. The largest absolute Gasteiger partial charge is 0.497 e. The minimum absolute atomic E-state index is 0.636. The van der Waals surface area contributed by atoms with Crippen LogP contribution in [0.2, 0.25) is 0 Å². The van der Waals surface area contributed by atoms with Gasteiger partial charge in [-0.1, -0.05) is 6.07 Å². The van der Waals surface area contributed by atoms with Gasteiger partial charge in [0.15, 0.2) is 0 Å². The van der Waals surface area contributed by atoms with Gasteiger partial charge in [-0.15, -0.1) is 0 Å². The topological polar surface area (TPSA) is 43.4 Å². The Morgan fingerprint density at radius 1 is 1.16 bits per heavy atom. The van der Waals surface area contributed by atoms with E-state index in [2.05, 4.69) is 26.2 Å². The van der Waals surface area contributed by atoms with E-state index in [0.717, 1.165) is 27.5 Å². The zero-order chi connectivity index (χ0) is 13.7. The summed E-state index contributed by atoms with van der Waals surface area (Å²) in [4.78, 5) is 4.32. The fourth-order valence-electron chi connectivity index (χ4n) is 1.69. The summed E-state index contributed by atoms with van der Waals surface area (Å²) in [7, 11) is 3.29. The lowest BCUT2D eigenvalue weighted by Gasteiger charge is -2.11. The van der Waals surface area contributed by atoms with Crippen LogP contribution in [0.5, 0.6) is 11.5 Å². The number of hydrogen-bond acceptors (Lipinski definition) is 4. The Morgan fingerprint density at radius 2 is 2.00 bits per heavy atom. The van der Waals surface area contributed by atoms with Crippen molar-refractivity contribution in [3.05, 3.63) is 46.6 Å². The number of nitrogens with zero attached hydrogens (tertiary/aromatic N) is 1. The molecule has 2 rings (SSSR count). The Balaban J connectivity index is 2.11. The molecule has 1 aromatic heterocycles. The van der Waals surface area contributed by atoms with Crippen LogP contribution in [0.25, 0.3) is 0 Å². The lowest BCUT2D eigenvalue weighted by molar-refractivity contribution is 0.391.